The van der Waals surface area contributed by atoms with Crippen molar-refractivity contribution in [1.82, 2.24) is 10.3 Å². The largest absolute Gasteiger partial charge is 0.301 e. The van der Waals surface area contributed by atoms with Crippen molar-refractivity contribution in [3.63, 3.8) is 0 Å². The Bertz CT molecular complexity index is 293. The van der Waals surface area contributed by atoms with Gasteiger partial charge >= 0.3 is 0 Å². The molecular weight excluding hydrogens is 168 g/mol. The Morgan fingerprint density at radius 1 is 1.67 bits per heavy atom. The molecule has 0 amide bonds. The van der Waals surface area contributed by atoms with Gasteiger partial charge in [-0.2, -0.15) is 0 Å². The fraction of sp³-hybridized carbons (Fsp3) is 0.444. The molecule has 1 N–H and O–H groups in total. The molecule has 0 radical (unpaired) electrons. The van der Waals surface area contributed by atoms with E-state index in [1.165, 1.54) is 0 Å². The van der Waals surface area contributed by atoms with Crippen LogP contribution in [0.5, 0.6) is 0 Å². The van der Waals surface area contributed by atoms with Crippen molar-refractivity contribution in [2.24, 2.45) is 0 Å². The van der Waals surface area contributed by atoms with Gasteiger partial charge in [0.1, 0.15) is 0 Å². The maximum Gasteiger partial charge on any atom is 0.0897 e. The van der Waals surface area contributed by atoms with Gasteiger partial charge in [-0.15, -0.1) is 17.3 Å². The van der Waals surface area contributed by atoms with Gasteiger partial charge in [-0.05, 0) is 13.8 Å². The summed E-state index contributed by atoms with van der Waals surface area (Å²) in [5, 5.41) is 6.38. The highest BCUT2D eigenvalue weighted by molar-refractivity contribution is 7.09. The summed E-state index contributed by atoms with van der Waals surface area (Å²) in [7, 11) is 0. The Morgan fingerprint density at radius 2 is 2.50 bits per heavy atom. The van der Waals surface area contributed by atoms with Crippen LogP contribution < -0.4 is 5.32 Å². The first-order valence-electron chi connectivity index (χ1n) is 3.84. The Labute approximate surface area is 77.0 Å². The van der Waals surface area contributed by atoms with E-state index in [0.29, 0.717) is 0 Å². The van der Waals surface area contributed by atoms with Crippen molar-refractivity contribution < 1.29 is 0 Å². The highest BCUT2D eigenvalue weighted by Crippen LogP contribution is 2.06. The third-order valence-electron chi connectivity index (χ3n) is 1.36. The molecule has 0 saturated heterocycles. The molecule has 0 atom stereocenters. The van der Waals surface area contributed by atoms with E-state index in [4.69, 9.17) is 0 Å². The summed E-state index contributed by atoms with van der Waals surface area (Å²) in [6, 6.07) is 0. The first kappa shape index (κ1) is 9.24. The summed E-state index contributed by atoms with van der Waals surface area (Å²) in [6.45, 7) is 5.42. The van der Waals surface area contributed by atoms with Crippen LogP contribution in [-0.2, 0) is 6.54 Å². The molecule has 1 aromatic heterocycles. The number of hydrogen-bond acceptors (Lipinski definition) is 3. The molecule has 3 heteroatoms. The van der Waals surface area contributed by atoms with Crippen LogP contribution in [0.15, 0.2) is 5.38 Å². The Kier molecular flexibility index (Phi) is 3.78. The van der Waals surface area contributed by atoms with Crippen LogP contribution >= 0.6 is 11.3 Å². The van der Waals surface area contributed by atoms with Crippen molar-refractivity contribution in [3.05, 3.63) is 16.1 Å². The molecule has 64 valence electrons. The molecule has 1 heterocycles. The minimum Gasteiger partial charge on any atom is -0.301 e. The zero-order valence-electron chi connectivity index (χ0n) is 7.35. The number of rotatable bonds is 3. The first-order chi connectivity index (χ1) is 5.83. The molecule has 0 aromatic carbocycles. The predicted octanol–water partition coefficient (Wildman–Crippen LogP) is 1.56. The zero-order valence-corrected chi connectivity index (χ0v) is 8.16. The minimum absolute atomic E-state index is 0.743. The quantitative estimate of drug-likeness (QED) is 0.564. The van der Waals surface area contributed by atoms with Gasteiger partial charge in [-0.1, -0.05) is 5.92 Å². The van der Waals surface area contributed by atoms with Crippen LogP contribution in [0.3, 0.4) is 0 Å². The Hall–Kier alpha value is -0.850. The summed E-state index contributed by atoms with van der Waals surface area (Å²) >= 11 is 1.68. The number of aryl methyl sites for hydroxylation is 1. The molecule has 1 aromatic rings. The summed E-state index contributed by atoms with van der Waals surface area (Å²) in [4.78, 5) is 4.32. The first-order valence-corrected chi connectivity index (χ1v) is 4.72. The smallest absolute Gasteiger partial charge is 0.0897 e. The second-order valence-electron chi connectivity index (χ2n) is 2.39. The van der Waals surface area contributed by atoms with E-state index in [0.717, 1.165) is 23.8 Å². The third-order valence-corrected chi connectivity index (χ3v) is 2.19. The van der Waals surface area contributed by atoms with Crippen LogP contribution in [-0.4, -0.2) is 11.5 Å². The summed E-state index contributed by atoms with van der Waals surface area (Å²) in [5.74, 6) is 5.77. The molecule has 1 rings (SSSR count). The lowest BCUT2D eigenvalue weighted by Crippen LogP contribution is -2.13. The standard InChI is InChI=1S/C9H12N2S/c1-3-4-5-10-6-9-7-12-8(2)11-9/h7,10H,5-6H2,1-2H3. The second kappa shape index (κ2) is 4.91. The van der Waals surface area contributed by atoms with E-state index < -0.39 is 0 Å². The number of aromatic nitrogens is 1. The fourth-order valence-electron chi connectivity index (χ4n) is 0.831. The molecule has 2 nitrogen and oxygen atoms in total. The number of nitrogens with one attached hydrogen (secondary N) is 1. The highest BCUT2D eigenvalue weighted by atomic mass is 32.1. The van der Waals surface area contributed by atoms with Crippen LogP contribution in [0.25, 0.3) is 0 Å². The summed E-state index contributed by atoms with van der Waals surface area (Å²) in [5.41, 5.74) is 1.11. The molecular formula is C9H12N2S. The van der Waals surface area contributed by atoms with Gasteiger partial charge < -0.3 is 5.32 Å². The monoisotopic (exact) mass is 180 g/mol. The Balaban J connectivity index is 2.27. The van der Waals surface area contributed by atoms with E-state index in [-0.39, 0.29) is 0 Å². The van der Waals surface area contributed by atoms with Gasteiger partial charge in [0.15, 0.2) is 0 Å². The topological polar surface area (TPSA) is 24.9 Å². The molecule has 0 unspecified atom stereocenters. The van der Waals surface area contributed by atoms with E-state index in [2.05, 4.69) is 27.5 Å². The van der Waals surface area contributed by atoms with Crippen molar-refractivity contribution in [3.8, 4) is 11.8 Å². The molecule has 0 aliphatic heterocycles. The second-order valence-corrected chi connectivity index (χ2v) is 3.45. The van der Waals surface area contributed by atoms with Crippen molar-refractivity contribution in [2.75, 3.05) is 6.54 Å². The highest BCUT2D eigenvalue weighted by Gasteiger charge is 1.95. The molecule has 0 fully saturated rings. The van der Waals surface area contributed by atoms with Gasteiger partial charge in [0.05, 0.1) is 17.2 Å². The summed E-state index contributed by atoms with van der Waals surface area (Å²) < 4.78 is 0. The van der Waals surface area contributed by atoms with Crippen molar-refractivity contribution >= 4 is 11.3 Å². The van der Waals surface area contributed by atoms with E-state index in [1.54, 1.807) is 11.3 Å². The molecule has 0 saturated carbocycles. The number of thiazole rings is 1. The third kappa shape index (κ3) is 3.04. The van der Waals surface area contributed by atoms with E-state index in [1.807, 2.05) is 13.8 Å². The van der Waals surface area contributed by atoms with E-state index >= 15 is 0 Å². The Morgan fingerprint density at radius 3 is 3.08 bits per heavy atom. The molecule has 12 heavy (non-hydrogen) atoms. The SMILES string of the molecule is CC#CCNCc1csc(C)n1. The van der Waals surface area contributed by atoms with Gasteiger partial charge in [0.25, 0.3) is 0 Å². The maximum absolute atomic E-state index is 4.32. The predicted molar refractivity (Wildman–Crippen MR) is 52.0 cm³/mol. The number of hydrogen-bond donors (Lipinski definition) is 1. The summed E-state index contributed by atoms with van der Waals surface area (Å²) in [6.07, 6.45) is 0. The molecule has 0 bridgehead atoms. The van der Waals surface area contributed by atoms with Gasteiger partial charge in [0.2, 0.25) is 0 Å². The van der Waals surface area contributed by atoms with Crippen molar-refractivity contribution in [2.45, 2.75) is 20.4 Å². The lowest BCUT2D eigenvalue weighted by atomic mass is 10.4. The lowest BCUT2D eigenvalue weighted by Gasteiger charge is -1.94. The average Bonchev–Trinajstić information content (AvgIpc) is 2.45. The van der Waals surface area contributed by atoms with Crippen LogP contribution in [0, 0.1) is 18.8 Å². The molecule has 0 aliphatic carbocycles. The van der Waals surface area contributed by atoms with Crippen LogP contribution in [0.4, 0.5) is 0 Å². The maximum atomic E-state index is 4.32. The van der Waals surface area contributed by atoms with Crippen LogP contribution in [0.1, 0.15) is 17.6 Å². The average molecular weight is 180 g/mol. The van der Waals surface area contributed by atoms with Gasteiger partial charge in [-0.3, -0.25) is 0 Å². The minimum atomic E-state index is 0.743. The van der Waals surface area contributed by atoms with Gasteiger partial charge in [-0.25, -0.2) is 4.98 Å². The number of nitrogens with zero attached hydrogens (tertiary/aromatic N) is 1. The lowest BCUT2D eigenvalue weighted by molar-refractivity contribution is 0.752. The van der Waals surface area contributed by atoms with Crippen molar-refractivity contribution in [1.29, 1.82) is 0 Å². The molecule has 0 aliphatic rings. The zero-order chi connectivity index (χ0) is 8.81. The fourth-order valence-corrected chi connectivity index (χ4v) is 1.44. The normalized spacial score (nSPS) is 9.17. The molecule has 0 spiro atoms. The van der Waals surface area contributed by atoms with E-state index in [9.17, 15) is 0 Å². The van der Waals surface area contributed by atoms with Gasteiger partial charge in [0, 0.05) is 11.9 Å². The van der Waals surface area contributed by atoms with Crippen LogP contribution in [0.2, 0.25) is 0 Å².